The maximum atomic E-state index is 11.8. The molecule has 2 aromatic heterocycles. The smallest absolute Gasteiger partial charge is 0.346 e. The summed E-state index contributed by atoms with van der Waals surface area (Å²) >= 11 is 1.64. The van der Waals surface area contributed by atoms with Gasteiger partial charge in [-0.1, -0.05) is 106 Å². The van der Waals surface area contributed by atoms with Crippen LogP contribution in [0, 0.1) is 11.3 Å². The van der Waals surface area contributed by atoms with Crippen LogP contribution in [0.25, 0.3) is 32.8 Å². The molecule has 0 saturated heterocycles. The van der Waals surface area contributed by atoms with Gasteiger partial charge in [0.1, 0.15) is 34.5 Å². The average Bonchev–Trinajstić information content (AvgIpc) is 3.93. The Kier molecular flexibility index (Phi) is 14.1. The van der Waals surface area contributed by atoms with Crippen LogP contribution in [0.5, 0.6) is 11.5 Å². The number of unbranched alkanes of at least 4 members (excludes halogenated alkanes) is 6. The van der Waals surface area contributed by atoms with E-state index in [0.717, 1.165) is 83.7 Å². The van der Waals surface area contributed by atoms with E-state index in [1.54, 1.807) is 34.2 Å². The number of anilines is 3. The van der Waals surface area contributed by atoms with Gasteiger partial charge in [-0.25, -0.2) is 9.48 Å². The standard InChI is InChI=1S/C46H47N5O4S/c1-3-5-7-15-27-54-42-31-41(43(55-28-16-8-6-4-2)30-35(42)29-36(32-47)46(52)53)50-33-40(48-49-50)45-26-25-44(56-45)34-21-23-39(24-22-34)51(37-17-11-9-12-18-37)38-19-13-10-14-20-38/h9-14,17-26,29-31,33H,3-8,15-16,27-28H2,1-2H3,(H,52,53)/b36-29-. The molecule has 0 amide bonds. The van der Waals surface area contributed by atoms with Crippen LogP contribution in [-0.4, -0.2) is 39.3 Å². The molecule has 0 bridgehead atoms. The monoisotopic (exact) mass is 765 g/mol. The van der Waals surface area contributed by atoms with Crippen LogP contribution in [0.3, 0.4) is 0 Å². The Labute approximate surface area is 333 Å². The third-order valence-electron chi connectivity index (χ3n) is 9.29. The molecule has 2 heterocycles. The summed E-state index contributed by atoms with van der Waals surface area (Å²) in [5.74, 6) is -0.362. The fourth-order valence-electron chi connectivity index (χ4n) is 6.32. The number of carbonyl (C=O) groups is 1. The molecule has 286 valence electrons. The number of aliphatic carboxylic acids is 1. The molecule has 0 spiro atoms. The number of nitriles is 1. The highest BCUT2D eigenvalue weighted by Crippen LogP contribution is 2.39. The number of hydrogen-bond donors (Lipinski definition) is 1. The molecule has 10 heteroatoms. The van der Waals surface area contributed by atoms with Crippen molar-refractivity contribution in [1.29, 1.82) is 5.26 Å². The van der Waals surface area contributed by atoms with E-state index in [1.165, 1.54) is 6.08 Å². The number of ether oxygens (including phenoxy) is 2. The fraction of sp³-hybridized carbons (Fsp3) is 0.261. The van der Waals surface area contributed by atoms with Gasteiger partial charge in [-0.2, -0.15) is 5.26 Å². The first-order valence-electron chi connectivity index (χ1n) is 19.3. The van der Waals surface area contributed by atoms with Crippen molar-refractivity contribution < 1.29 is 19.4 Å². The zero-order valence-electron chi connectivity index (χ0n) is 31.9. The fourth-order valence-corrected chi connectivity index (χ4v) is 7.28. The number of benzene rings is 4. The number of nitrogens with zero attached hydrogens (tertiary/aromatic N) is 5. The summed E-state index contributed by atoms with van der Waals surface area (Å²) in [6.07, 6.45) is 11.4. The lowest BCUT2D eigenvalue weighted by Gasteiger charge is -2.25. The van der Waals surface area contributed by atoms with Gasteiger partial charge in [0, 0.05) is 33.6 Å². The lowest BCUT2D eigenvalue weighted by atomic mass is 10.1. The Morgan fingerprint density at radius 2 is 1.36 bits per heavy atom. The number of para-hydroxylation sites is 2. The van der Waals surface area contributed by atoms with E-state index in [0.29, 0.717) is 41.7 Å². The van der Waals surface area contributed by atoms with Crippen LogP contribution in [0.4, 0.5) is 17.1 Å². The van der Waals surface area contributed by atoms with Crippen LogP contribution >= 0.6 is 11.3 Å². The number of rotatable bonds is 20. The molecule has 9 nitrogen and oxygen atoms in total. The quantitative estimate of drug-likeness (QED) is 0.0464. The lowest BCUT2D eigenvalue weighted by molar-refractivity contribution is -0.132. The van der Waals surface area contributed by atoms with E-state index >= 15 is 0 Å². The highest BCUT2D eigenvalue weighted by Gasteiger charge is 2.19. The molecule has 0 aliphatic heterocycles. The van der Waals surface area contributed by atoms with Crippen LogP contribution in [-0.2, 0) is 4.79 Å². The summed E-state index contributed by atoms with van der Waals surface area (Å²) < 4.78 is 14.2. The number of carboxylic acids is 1. The van der Waals surface area contributed by atoms with Crippen molar-refractivity contribution >= 4 is 40.4 Å². The molecular formula is C46H47N5O4S. The van der Waals surface area contributed by atoms with Crippen molar-refractivity contribution in [3.05, 3.63) is 127 Å². The Hall–Kier alpha value is -6.18. The summed E-state index contributed by atoms with van der Waals surface area (Å²) in [4.78, 5) is 16.1. The Balaban J connectivity index is 1.29. The molecular weight excluding hydrogens is 719 g/mol. The molecule has 0 radical (unpaired) electrons. The predicted octanol–water partition coefficient (Wildman–Crippen LogP) is 12.0. The topological polar surface area (TPSA) is 113 Å². The van der Waals surface area contributed by atoms with Gasteiger partial charge in [-0.3, -0.25) is 0 Å². The zero-order chi connectivity index (χ0) is 39.1. The van der Waals surface area contributed by atoms with Gasteiger partial charge in [0.2, 0.25) is 0 Å². The zero-order valence-corrected chi connectivity index (χ0v) is 32.8. The van der Waals surface area contributed by atoms with Crippen LogP contribution in [0.15, 0.2) is 121 Å². The Morgan fingerprint density at radius 1 is 0.768 bits per heavy atom. The third kappa shape index (κ3) is 10.1. The molecule has 4 aromatic carbocycles. The van der Waals surface area contributed by atoms with Crippen molar-refractivity contribution in [2.45, 2.75) is 65.2 Å². The third-order valence-corrected chi connectivity index (χ3v) is 10.4. The number of carboxylic acid groups (broad SMARTS) is 1. The maximum Gasteiger partial charge on any atom is 0.346 e. The predicted molar refractivity (Wildman–Crippen MR) is 225 cm³/mol. The van der Waals surface area contributed by atoms with Crippen molar-refractivity contribution in [1.82, 2.24) is 15.0 Å². The van der Waals surface area contributed by atoms with Crippen molar-refractivity contribution in [3.63, 3.8) is 0 Å². The Bertz CT molecular complexity index is 2200. The molecule has 6 aromatic rings. The summed E-state index contributed by atoms with van der Waals surface area (Å²) in [6.45, 7) is 5.24. The molecule has 0 unspecified atom stereocenters. The first kappa shape index (κ1) is 39.5. The second kappa shape index (κ2) is 19.9. The highest BCUT2D eigenvalue weighted by atomic mass is 32.1. The molecule has 0 aliphatic carbocycles. The largest absolute Gasteiger partial charge is 0.493 e. The van der Waals surface area contributed by atoms with Gasteiger partial charge in [-0.05, 0) is 79.1 Å². The molecule has 0 atom stereocenters. The van der Waals surface area contributed by atoms with Gasteiger partial charge in [0.05, 0.1) is 24.3 Å². The summed E-state index contributed by atoms with van der Waals surface area (Å²) in [5, 5.41) is 28.3. The highest BCUT2D eigenvalue weighted by molar-refractivity contribution is 7.18. The average molecular weight is 766 g/mol. The minimum atomic E-state index is -1.30. The van der Waals surface area contributed by atoms with E-state index in [-0.39, 0.29) is 0 Å². The normalized spacial score (nSPS) is 11.3. The molecule has 1 N–H and O–H groups in total. The van der Waals surface area contributed by atoms with E-state index < -0.39 is 11.5 Å². The molecule has 0 aliphatic rings. The maximum absolute atomic E-state index is 11.8. The minimum absolute atomic E-state index is 0.390. The second-order valence-electron chi connectivity index (χ2n) is 13.4. The lowest BCUT2D eigenvalue weighted by Crippen LogP contribution is -2.09. The first-order chi connectivity index (χ1) is 27.5. The van der Waals surface area contributed by atoms with Gasteiger partial charge in [0.15, 0.2) is 0 Å². The van der Waals surface area contributed by atoms with Gasteiger partial charge in [-0.15, -0.1) is 16.4 Å². The summed E-state index contributed by atoms with van der Waals surface area (Å²) in [7, 11) is 0. The molecule has 56 heavy (non-hydrogen) atoms. The molecule has 0 fully saturated rings. The number of hydrogen-bond acceptors (Lipinski definition) is 8. The van der Waals surface area contributed by atoms with Crippen molar-refractivity contribution in [3.8, 4) is 44.3 Å². The van der Waals surface area contributed by atoms with Gasteiger partial charge in [0.25, 0.3) is 0 Å². The van der Waals surface area contributed by atoms with Crippen molar-refractivity contribution in [2.75, 3.05) is 18.1 Å². The van der Waals surface area contributed by atoms with E-state index in [4.69, 9.17) is 9.47 Å². The van der Waals surface area contributed by atoms with Crippen LogP contribution in [0.2, 0.25) is 0 Å². The van der Waals surface area contributed by atoms with E-state index in [9.17, 15) is 15.2 Å². The summed E-state index contributed by atoms with van der Waals surface area (Å²) in [5.41, 5.74) is 5.71. The van der Waals surface area contributed by atoms with Gasteiger partial charge < -0.3 is 19.5 Å². The Morgan fingerprint density at radius 3 is 1.95 bits per heavy atom. The molecule has 6 rings (SSSR count). The first-order valence-corrected chi connectivity index (χ1v) is 20.1. The number of thiophene rings is 1. The summed E-state index contributed by atoms with van der Waals surface area (Å²) in [6, 6.07) is 38.8. The minimum Gasteiger partial charge on any atom is -0.493 e. The van der Waals surface area contributed by atoms with Crippen molar-refractivity contribution in [2.24, 2.45) is 0 Å². The van der Waals surface area contributed by atoms with Gasteiger partial charge >= 0.3 is 5.97 Å². The van der Waals surface area contributed by atoms with E-state index in [1.807, 2.05) is 42.6 Å². The molecule has 0 saturated carbocycles. The van der Waals surface area contributed by atoms with E-state index in [2.05, 4.69) is 89.7 Å². The number of aromatic nitrogens is 3. The van der Waals surface area contributed by atoms with Crippen LogP contribution < -0.4 is 14.4 Å². The second-order valence-corrected chi connectivity index (χ2v) is 14.5. The van der Waals surface area contributed by atoms with Crippen LogP contribution in [0.1, 0.15) is 70.8 Å². The SMILES string of the molecule is CCCCCCOc1cc(-n2cc(-c3ccc(-c4ccc(N(c5ccccc5)c5ccccc5)cc4)s3)nn2)c(OCCCCCC)cc1/C=C(/C#N)C(=O)O.